The molecule has 1 saturated carbocycles. The Morgan fingerprint density at radius 1 is 1.54 bits per heavy atom. The molecule has 0 amide bonds. The van der Waals surface area contributed by atoms with Crippen molar-refractivity contribution in [2.24, 2.45) is 18.7 Å². The summed E-state index contributed by atoms with van der Waals surface area (Å²) in [6, 6.07) is 0. The van der Waals surface area contributed by atoms with Gasteiger partial charge in [0.1, 0.15) is 11.6 Å². The van der Waals surface area contributed by atoms with Crippen LogP contribution in [0.3, 0.4) is 0 Å². The minimum Gasteiger partial charge on any atom is -0.319 e. The zero-order chi connectivity index (χ0) is 9.64. The minimum atomic E-state index is -0.296. The number of hydrogen-bond donors (Lipinski definition) is 1. The molecule has 0 spiro atoms. The van der Waals surface area contributed by atoms with E-state index >= 15 is 0 Å². The monoisotopic (exact) mass is 180 g/mol. The SMILES string of the molecule is Cc1nc(C(C)(N)C2CC2)n(C)n1. The van der Waals surface area contributed by atoms with Crippen LogP contribution in [0.5, 0.6) is 0 Å². The summed E-state index contributed by atoms with van der Waals surface area (Å²) in [5, 5.41) is 4.21. The lowest BCUT2D eigenvalue weighted by Crippen LogP contribution is -2.38. The lowest BCUT2D eigenvalue weighted by molar-refractivity contribution is 0.382. The first-order valence-electron chi connectivity index (χ1n) is 4.69. The highest BCUT2D eigenvalue weighted by Crippen LogP contribution is 2.42. The molecule has 1 atom stereocenters. The third-order valence-electron chi connectivity index (χ3n) is 2.78. The fourth-order valence-electron chi connectivity index (χ4n) is 1.85. The normalized spacial score (nSPS) is 21.5. The van der Waals surface area contributed by atoms with Gasteiger partial charge in [-0.3, -0.25) is 4.68 Å². The molecule has 1 aromatic heterocycles. The van der Waals surface area contributed by atoms with Crippen molar-refractivity contribution < 1.29 is 0 Å². The number of hydrogen-bond acceptors (Lipinski definition) is 3. The molecule has 0 radical (unpaired) electrons. The van der Waals surface area contributed by atoms with Gasteiger partial charge in [0.05, 0.1) is 5.54 Å². The van der Waals surface area contributed by atoms with Crippen molar-refractivity contribution in [3.05, 3.63) is 11.6 Å². The van der Waals surface area contributed by atoms with Crippen LogP contribution in [0.1, 0.15) is 31.4 Å². The first-order chi connectivity index (χ1) is 6.01. The van der Waals surface area contributed by atoms with Crippen molar-refractivity contribution >= 4 is 0 Å². The van der Waals surface area contributed by atoms with Gasteiger partial charge >= 0.3 is 0 Å². The van der Waals surface area contributed by atoms with E-state index in [-0.39, 0.29) is 5.54 Å². The van der Waals surface area contributed by atoms with E-state index in [0.29, 0.717) is 5.92 Å². The van der Waals surface area contributed by atoms with Crippen LogP contribution in [0.15, 0.2) is 0 Å². The number of aryl methyl sites for hydroxylation is 2. The Balaban J connectivity index is 2.37. The third kappa shape index (κ3) is 1.35. The largest absolute Gasteiger partial charge is 0.319 e. The van der Waals surface area contributed by atoms with Crippen molar-refractivity contribution in [1.82, 2.24) is 14.8 Å². The highest BCUT2D eigenvalue weighted by molar-refractivity contribution is 5.10. The quantitative estimate of drug-likeness (QED) is 0.729. The topological polar surface area (TPSA) is 56.7 Å². The molecular formula is C9H16N4. The van der Waals surface area contributed by atoms with Gasteiger partial charge in [0.2, 0.25) is 0 Å². The highest BCUT2D eigenvalue weighted by Gasteiger charge is 2.42. The Morgan fingerprint density at radius 2 is 2.15 bits per heavy atom. The number of nitrogens with two attached hydrogens (primary N) is 1. The maximum Gasteiger partial charge on any atom is 0.147 e. The van der Waals surface area contributed by atoms with Crippen molar-refractivity contribution in [2.45, 2.75) is 32.2 Å². The molecule has 1 heterocycles. The van der Waals surface area contributed by atoms with Crippen LogP contribution in [-0.2, 0) is 12.6 Å². The van der Waals surface area contributed by atoms with Crippen LogP contribution in [0, 0.1) is 12.8 Å². The lowest BCUT2D eigenvalue weighted by Gasteiger charge is -2.22. The number of rotatable bonds is 2. The summed E-state index contributed by atoms with van der Waals surface area (Å²) < 4.78 is 1.80. The van der Waals surface area contributed by atoms with E-state index in [9.17, 15) is 0 Å². The predicted molar refractivity (Wildman–Crippen MR) is 50.0 cm³/mol. The van der Waals surface area contributed by atoms with E-state index in [1.807, 2.05) is 20.9 Å². The molecule has 13 heavy (non-hydrogen) atoms. The smallest absolute Gasteiger partial charge is 0.147 e. The van der Waals surface area contributed by atoms with Crippen LogP contribution < -0.4 is 5.73 Å². The fourth-order valence-corrected chi connectivity index (χ4v) is 1.85. The van der Waals surface area contributed by atoms with E-state index < -0.39 is 0 Å². The molecule has 2 N–H and O–H groups in total. The Labute approximate surface area is 78.1 Å². The van der Waals surface area contributed by atoms with Crippen molar-refractivity contribution in [3.63, 3.8) is 0 Å². The predicted octanol–water partition coefficient (Wildman–Crippen LogP) is 0.707. The second kappa shape index (κ2) is 2.54. The third-order valence-corrected chi connectivity index (χ3v) is 2.78. The van der Waals surface area contributed by atoms with Gasteiger partial charge < -0.3 is 5.73 Å². The first kappa shape index (κ1) is 8.69. The average molecular weight is 180 g/mol. The fraction of sp³-hybridized carbons (Fsp3) is 0.778. The Kier molecular flexibility index (Phi) is 1.70. The molecule has 72 valence electrons. The van der Waals surface area contributed by atoms with Gasteiger partial charge in [-0.1, -0.05) is 0 Å². The summed E-state index contributed by atoms with van der Waals surface area (Å²) in [4.78, 5) is 4.37. The molecule has 1 fully saturated rings. The maximum absolute atomic E-state index is 6.23. The molecule has 0 bridgehead atoms. The van der Waals surface area contributed by atoms with Gasteiger partial charge in [-0.05, 0) is 32.6 Å². The van der Waals surface area contributed by atoms with Crippen molar-refractivity contribution in [2.75, 3.05) is 0 Å². The molecule has 0 saturated heterocycles. The standard InChI is InChI=1S/C9H16N4/c1-6-11-8(13(3)12-6)9(2,10)7-4-5-7/h7H,4-5,10H2,1-3H3. The Hall–Kier alpha value is -0.900. The highest BCUT2D eigenvalue weighted by atomic mass is 15.3. The summed E-state index contributed by atoms with van der Waals surface area (Å²) in [5.41, 5.74) is 5.94. The zero-order valence-electron chi connectivity index (χ0n) is 8.41. The lowest BCUT2D eigenvalue weighted by atomic mass is 9.96. The second-order valence-corrected chi connectivity index (χ2v) is 4.16. The summed E-state index contributed by atoms with van der Waals surface area (Å²) in [6.07, 6.45) is 2.44. The van der Waals surface area contributed by atoms with Gasteiger partial charge in [-0.15, -0.1) is 0 Å². The van der Waals surface area contributed by atoms with Crippen molar-refractivity contribution in [1.29, 1.82) is 0 Å². The Bertz CT molecular complexity index is 322. The molecule has 1 aliphatic carbocycles. The van der Waals surface area contributed by atoms with Gasteiger partial charge in [0.15, 0.2) is 0 Å². The molecule has 1 unspecified atom stereocenters. The molecule has 1 aromatic rings. The maximum atomic E-state index is 6.23. The van der Waals surface area contributed by atoms with E-state index in [1.54, 1.807) is 4.68 Å². The molecule has 4 heteroatoms. The first-order valence-corrected chi connectivity index (χ1v) is 4.69. The molecular weight excluding hydrogens is 164 g/mol. The van der Waals surface area contributed by atoms with E-state index in [2.05, 4.69) is 10.1 Å². The summed E-state index contributed by atoms with van der Waals surface area (Å²) >= 11 is 0. The summed E-state index contributed by atoms with van der Waals surface area (Å²) in [5.74, 6) is 2.30. The van der Waals surface area contributed by atoms with Gasteiger partial charge in [-0.25, -0.2) is 4.98 Å². The van der Waals surface area contributed by atoms with Crippen LogP contribution in [-0.4, -0.2) is 14.8 Å². The van der Waals surface area contributed by atoms with Crippen LogP contribution in [0.2, 0.25) is 0 Å². The van der Waals surface area contributed by atoms with E-state index in [4.69, 9.17) is 5.73 Å². The molecule has 4 nitrogen and oxygen atoms in total. The number of nitrogens with zero attached hydrogens (tertiary/aromatic N) is 3. The number of aromatic nitrogens is 3. The van der Waals surface area contributed by atoms with E-state index in [0.717, 1.165) is 11.6 Å². The van der Waals surface area contributed by atoms with E-state index in [1.165, 1.54) is 12.8 Å². The molecule has 0 aromatic carbocycles. The second-order valence-electron chi connectivity index (χ2n) is 4.16. The van der Waals surface area contributed by atoms with Gasteiger partial charge in [0, 0.05) is 7.05 Å². The molecule has 1 aliphatic rings. The van der Waals surface area contributed by atoms with Crippen molar-refractivity contribution in [3.8, 4) is 0 Å². The van der Waals surface area contributed by atoms with Crippen LogP contribution in [0.4, 0.5) is 0 Å². The molecule has 2 rings (SSSR count). The van der Waals surface area contributed by atoms with Crippen LogP contribution in [0.25, 0.3) is 0 Å². The Morgan fingerprint density at radius 3 is 2.54 bits per heavy atom. The summed E-state index contributed by atoms with van der Waals surface area (Å²) in [7, 11) is 1.91. The minimum absolute atomic E-state index is 0.296. The average Bonchev–Trinajstić information content (AvgIpc) is 2.78. The molecule has 0 aliphatic heterocycles. The van der Waals surface area contributed by atoms with Crippen LogP contribution >= 0.6 is 0 Å². The van der Waals surface area contributed by atoms with Gasteiger partial charge in [0.25, 0.3) is 0 Å². The zero-order valence-corrected chi connectivity index (χ0v) is 8.41. The van der Waals surface area contributed by atoms with Gasteiger partial charge in [-0.2, -0.15) is 5.10 Å². The summed E-state index contributed by atoms with van der Waals surface area (Å²) in [6.45, 7) is 3.95.